The zero-order valence-corrected chi connectivity index (χ0v) is 20.1. The first-order valence-electron chi connectivity index (χ1n) is 9.58. The number of benzene rings is 1. The van der Waals surface area contributed by atoms with E-state index in [2.05, 4.69) is 31.5 Å². The Bertz CT molecular complexity index is 814. The van der Waals surface area contributed by atoms with Gasteiger partial charge in [-0.1, -0.05) is 6.07 Å². The number of nitrogens with one attached hydrogen (secondary N) is 2. The smallest absolute Gasteiger partial charge is 0.387 e. The van der Waals surface area contributed by atoms with Crippen LogP contribution in [0.5, 0.6) is 11.5 Å². The fourth-order valence-electron chi connectivity index (χ4n) is 2.86. The molecule has 0 aliphatic heterocycles. The SMILES string of the molecule is CCNC(=NCc1ccc(OC)c(OC(F)F)c1)NCCCn1nc(C)cc1C.I. The normalized spacial score (nSPS) is 11.2. The lowest BCUT2D eigenvalue weighted by atomic mass is 10.2. The monoisotopic (exact) mass is 537 g/mol. The van der Waals surface area contributed by atoms with Gasteiger partial charge in [0.05, 0.1) is 19.3 Å². The van der Waals surface area contributed by atoms with E-state index in [9.17, 15) is 8.78 Å². The Morgan fingerprint density at radius 3 is 2.57 bits per heavy atom. The van der Waals surface area contributed by atoms with Crippen molar-refractivity contribution in [3.63, 3.8) is 0 Å². The molecule has 7 nitrogen and oxygen atoms in total. The van der Waals surface area contributed by atoms with Crippen molar-refractivity contribution in [2.75, 3.05) is 20.2 Å². The number of ether oxygens (including phenoxy) is 2. The van der Waals surface area contributed by atoms with Crippen molar-refractivity contribution in [3.05, 3.63) is 41.2 Å². The Morgan fingerprint density at radius 1 is 1.20 bits per heavy atom. The highest BCUT2D eigenvalue weighted by Crippen LogP contribution is 2.29. The second-order valence-corrected chi connectivity index (χ2v) is 6.49. The number of aromatic nitrogens is 2. The summed E-state index contributed by atoms with van der Waals surface area (Å²) in [5, 5.41) is 10.9. The number of halogens is 3. The highest BCUT2D eigenvalue weighted by Gasteiger charge is 2.11. The number of guanidine groups is 1. The number of hydrogen-bond donors (Lipinski definition) is 2. The van der Waals surface area contributed by atoms with E-state index in [1.54, 1.807) is 12.1 Å². The molecule has 168 valence electrons. The average molecular weight is 537 g/mol. The summed E-state index contributed by atoms with van der Waals surface area (Å²) in [6, 6.07) is 6.94. The molecular formula is C20H30F2IN5O2. The van der Waals surface area contributed by atoms with Gasteiger partial charge < -0.3 is 20.1 Å². The molecule has 0 spiro atoms. The van der Waals surface area contributed by atoms with Gasteiger partial charge in [-0.3, -0.25) is 4.68 Å². The van der Waals surface area contributed by atoms with E-state index >= 15 is 0 Å². The Hall–Kier alpha value is -2.11. The summed E-state index contributed by atoms with van der Waals surface area (Å²) >= 11 is 0. The van der Waals surface area contributed by atoms with Crippen LogP contribution >= 0.6 is 24.0 Å². The molecule has 0 saturated carbocycles. The van der Waals surface area contributed by atoms with E-state index in [1.165, 1.54) is 13.2 Å². The van der Waals surface area contributed by atoms with Gasteiger partial charge in [-0.2, -0.15) is 13.9 Å². The van der Waals surface area contributed by atoms with Crippen LogP contribution < -0.4 is 20.1 Å². The molecule has 0 unspecified atom stereocenters. The van der Waals surface area contributed by atoms with Crippen LogP contribution in [-0.2, 0) is 13.1 Å². The summed E-state index contributed by atoms with van der Waals surface area (Å²) < 4.78 is 36.7. The topological polar surface area (TPSA) is 72.7 Å². The minimum absolute atomic E-state index is 0. The fraction of sp³-hybridized carbons (Fsp3) is 0.500. The van der Waals surface area contributed by atoms with Crippen molar-refractivity contribution in [1.29, 1.82) is 0 Å². The van der Waals surface area contributed by atoms with Crippen LogP contribution in [0.3, 0.4) is 0 Å². The van der Waals surface area contributed by atoms with E-state index < -0.39 is 6.61 Å². The van der Waals surface area contributed by atoms with Gasteiger partial charge >= 0.3 is 6.61 Å². The van der Waals surface area contributed by atoms with Gasteiger partial charge in [0.1, 0.15) is 0 Å². The summed E-state index contributed by atoms with van der Waals surface area (Å²) in [5.74, 6) is 0.915. The quantitative estimate of drug-likeness (QED) is 0.209. The first-order valence-corrected chi connectivity index (χ1v) is 9.58. The highest BCUT2D eigenvalue weighted by molar-refractivity contribution is 14.0. The van der Waals surface area contributed by atoms with Gasteiger partial charge in [-0.15, -0.1) is 24.0 Å². The Kier molecular flexibility index (Phi) is 11.4. The van der Waals surface area contributed by atoms with Crippen LogP contribution in [0.25, 0.3) is 0 Å². The van der Waals surface area contributed by atoms with Crippen LogP contribution in [0, 0.1) is 13.8 Å². The predicted molar refractivity (Wildman–Crippen MR) is 124 cm³/mol. The highest BCUT2D eigenvalue weighted by atomic mass is 127. The van der Waals surface area contributed by atoms with Crippen molar-refractivity contribution in [1.82, 2.24) is 20.4 Å². The van der Waals surface area contributed by atoms with Crippen molar-refractivity contribution in [2.45, 2.75) is 46.9 Å². The maximum atomic E-state index is 12.6. The fourth-order valence-corrected chi connectivity index (χ4v) is 2.86. The largest absolute Gasteiger partial charge is 0.493 e. The molecule has 1 heterocycles. The number of nitrogens with zero attached hydrogens (tertiary/aromatic N) is 3. The lowest BCUT2D eigenvalue weighted by Crippen LogP contribution is -2.38. The summed E-state index contributed by atoms with van der Waals surface area (Å²) in [6.45, 7) is 5.67. The van der Waals surface area contributed by atoms with Crippen LogP contribution in [-0.4, -0.2) is 42.6 Å². The number of aliphatic imine (C=N–C) groups is 1. The summed E-state index contributed by atoms with van der Waals surface area (Å²) in [5.41, 5.74) is 2.89. The molecule has 2 N–H and O–H groups in total. The van der Waals surface area contributed by atoms with Crippen LogP contribution in [0.1, 0.15) is 30.3 Å². The lowest BCUT2D eigenvalue weighted by molar-refractivity contribution is -0.0512. The number of hydrogen-bond acceptors (Lipinski definition) is 4. The van der Waals surface area contributed by atoms with Gasteiger partial charge in [-0.05, 0) is 51.0 Å². The predicted octanol–water partition coefficient (Wildman–Crippen LogP) is 3.87. The molecule has 0 atom stereocenters. The molecule has 0 saturated heterocycles. The zero-order chi connectivity index (χ0) is 21.2. The minimum atomic E-state index is -2.91. The second-order valence-electron chi connectivity index (χ2n) is 6.49. The molecule has 2 rings (SSSR count). The van der Waals surface area contributed by atoms with Crippen LogP contribution in [0.2, 0.25) is 0 Å². The van der Waals surface area contributed by atoms with Gasteiger partial charge in [0.15, 0.2) is 17.5 Å². The Labute approximate surface area is 193 Å². The van der Waals surface area contributed by atoms with E-state index in [4.69, 9.17) is 4.74 Å². The zero-order valence-electron chi connectivity index (χ0n) is 17.7. The van der Waals surface area contributed by atoms with E-state index in [0.29, 0.717) is 19.0 Å². The molecule has 30 heavy (non-hydrogen) atoms. The van der Waals surface area contributed by atoms with Gasteiger partial charge in [0, 0.05) is 25.3 Å². The van der Waals surface area contributed by atoms with Gasteiger partial charge in [0.2, 0.25) is 0 Å². The third kappa shape index (κ3) is 8.33. The third-order valence-electron chi connectivity index (χ3n) is 4.15. The summed E-state index contributed by atoms with van der Waals surface area (Å²) in [7, 11) is 1.41. The maximum Gasteiger partial charge on any atom is 0.387 e. The van der Waals surface area contributed by atoms with Crippen LogP contribution in [0.15, 0.2) is 29.3 Å². The number of alkyl halides is 2. The maximum absolute atomic E-state index is 12.6. The van der Waals surface area contributed by atoms with Gasteiger partial charge in [0.25, 0.3) is 0 Å². The Morgan fingerprint density at radius 2 is 1.97 bits per heavy atom. The Balaban J connectivity index is 0.00000450. The van der Waals surface area contributed by atoms with Crippen LogP contribution in [0.4, 0.5) is 8.78 Å². The summed E-state index contributed by atoms with van der Waals surface area (Å²) in [6.07, 6.45) is 0.890. The lowest BCUT2D eigenvalue weighted by Gasteiger charge is -2.13. The number of methoxy groups -OCH3 is 1. The molecule has 0 aliphatic rings. The van der Waals surface area contributed by atoms with Crippen molar-refractivity contribution < 1.29 is 18.3 Å². The molecule has 0 bridgehead atoms. The van der Waals surface area contributed by atoms with E-state index in [0.717, 1.165) is 36.5 Å². The standard InChI is InChI=1S/C20H29F2N5O2.HI/c1-5-23-20(24-9-6-10-27-15(3)11-14(2)26-27)25-13-16-7-8-17(28-4)18(12-16)29-19(21)22;/h7-8,11-12,19H,5-6,9-10,13H2,1-4H3,(H2,23,24,25);1H. The van der Waals surface area contributed by atoms with Gasteiger partial charge in [-0.25, -0.2) is 4.99 Å². The van der Waals surface area contributed by atoms with E-state index in [-0.39, 0.29) is 35.5 Å². The molecule has 0 fully saturated rings. The number of aryl methyl sites for hydroxylation is 3. The molecule has 1 aromatic carbocycles. The molecule has 2 aromatic rings. The molecule has 1 aromatic heterocycles. The first-order chi connectivity index (χ1) is 13.9. The molecule has 0 aliphatic carbocycles. The second kappa shape index (κ2) is 13.2. The van der Waals surface area contributed by atoms with Crippen molar-refractivity contribution in [2.24, 2.45) is 4.99 Å². The first kappa shape index (κ1) is 25.9. The van der Waals surface area contributed by atoms with E-state index in [1.807, 2.05) is 25.5 Å². The molecule has 0 amide bonds. The minimum Gasteiger partial charge on any atom is -0.493 e. The average Bonchev–Trinajstić information content (AvgIpc) is 3.00. The molecular weight excluding hydrogens is 507 g/mol. The third-order valence-corrected chi connectivity index (χ3v) is 4.15. The molecule has 0 radical (unpaired) electrons. The number of rotatable bonds is 10. The molecule has 10 heteroatoms. The summed E-state index contributed by atoms with van der Waals surface area (Å²) in [4.78, 5) is 4.51. The van der Waals surface area contributed by atoms with Crippen molar-refractivity contribution in [3.8, 4) is 11.5 Å². The van der Waals surface area contributed by atoms with Crippen molar-refractivity contribution >= 4 is 29.9 Å².